The summed E-state index contributed by atoms with van der Waals surface area (Å²) in [5, 5.41) is 14.8. The molecule has 2 aromatic heterocycles. The van der Waals surface area contributed by atoms with E-state index in [2.05, 4.69) is 25.7 Å². The Bertz CT molecular complexity index is 834. The Morgan fingerprint density at radius 2 is 2.16 bits per heavy atom. The van der Waals surface area contributed by atoms with Gasteiger partial charge in [0, 0.05) is 12.1 Å². The van der Waals surface area contributed by atoms with Gasteiger partial charge in [0.05, 0.1) is 13.2 Å². The lowest BCUT2D eigenvalue weighted by molar-refractivity contribution is -0.141. The highest BCUT2D eigenvalue weighted by atomic mass is 16.5. The van der Waals surface area contributed by atoms with Crippen LogP contribution in [0.3, 0.4) is 0 Å². The van der Waals surface area contributed by atoms with Crippen LogP contribution < -0.4 is 0 Å². The topological polar surface area (TPSA) is 112 Å². The van der Waals surface area contributed by atoms with Gasteiger partial charge >= 0.3 is 0 Å². The van der Waals surface area contributed by atoms with Gasteiger partial charge in [0.25, 0.3) is 5.89 Å². The summed E-state index contributed by atoms with van der Waals surface area (Å²) in [6, 6.07) is 9.06. The SMILES string of the molecule is O=C(Cn1cnnn1)N1CCOCC1c1noc(-c2ccccc2)n1. The molecular weight excluding hydrogens is 326 g/mol. The van der Waals surface area contributed by atoms with Crippen molar-refractivity contribution in [3.8, 4) is 11.5 Å². The highest BCUT2D eigenvalue weighted by Gasteiger charge is 2.32. The van der Waals surface area contributed by atoms with E-state index in [4.69, 9.17) is 9.26 Å². The van der Waals surface area contributed by atoms with Crippen LogP contribution in [-0.2, 0) is 16.1 Å². The van der Waals surface area contributed by atoms with Crippen LogP contribution in [0.15, 0.2) is 41.2 Å². The lowest BCUT2D eigenvalue weighted by Gasteiger charge is -2.33. The Morgan fingerprint density at radius 1 is 1.28 bits per heavy atom. The fraction of sp³-hybridized carbons (Fsp3) is 0.333. The summed E-state index contributed by atoms with van der Waals surface area (Å²) in [4.78, 5) is 18.7. The Labute approximate surface area is 142 Å². The standard InChI is InChI=1S/C15H15N7O3/c23-13(8-21-10-16-19-20-21)22-6-7-24-9-12(22)14-17-15(25-18-14)11-4-2-1-3-5-11/h1-5,10,12H,6-9H2. The van der Waals surface area contributed by atoms with E-state index in [9.17, 15) is 4.79 Å². The number of carbonyl (C=O) groups is 1. The molecule has 1 saturated heterocycles. The van der Waals surface area contributed by atoms with Crippen molar-refractivity contribution >= 4 is 5.91 Å². The number of benzene rings is 1. The van der Waals surface area contributed by atoms with Gasteiger partial charge in [0.15, 0.2) is 5.82 Å². The summed E-state index contributed by atoms with van der Waals surface area (Å²) in [6.07, 6.45) is 1.40. The monoisotopic (exact) mass is 341 g/mol. The second-order valence-corrected chi connectivity index (χ2v) is 5.51. The first-order valence-electron chi connectivity index (χ1n) is 7.78. The van der Waals surface area contributed by atoms with Gasteiger partial charge in [-0.15, -0.1) is 5.10 Å². The summed E-state index contributed by atoms with van der Waals surface area (Å²) in [6.45, 7) is 1.27. The van der Waals surface area contributed by atoms with Gasteiger partial charge in [0.2, 0.25) is 5.91 Å². The minimum Gasteiger partial charge on any atom is -0.377 e. The molecule has 1 amide bonds. The molecule has 0 N–H and O–H groups in total. The summed E-state index contributed by atoms with van der Waals surface area (Å²) < 4.78 is 12.2. The fourth-order valence-corrected chi connectivity index (χ4v) is 2.67. The van der Waals surface area contributed by atoms with E-state index in [-0.39, 0.29) is 12.5 Å². The molecule has 1 fully saturated rings. The second kappa shape index (κ2) is 6.77. The maximum Gasteiger partial charge on any atom is 0.257 e. The zero-order chi connectivity index (χ0) is 17.1. The molecule has 1 atom stereocenters. The predicted octanol–water partition coefficient (Wildman–Crippen LogP) is 0.323. The Hall–Kier alpha value is -3.14. The maximum atomic E-state index is 12.6. The van der Waals surface area contributed by atoms with Gasteiger partial charge in [-0.25, -0.2) is 4.68 Å². The van der Waals surface area contributed by atoms with Gasteiger partial charge in [-0.1, -0.05) is 23.4 Å². The van der Waals surface area contributed by atoms with Gasteiger partial charge in [-0.2, -0.15) is 4.98 Å². The number of carbonyl (C=O) groups excluding carboxylic acids is 1. The predicted molar refractivity (Wildman–Crippen MR) is 82.8 cm³/mol. The van der Waals surface area contributed by atoms with Crippen molar-refractivity contribution in [2.75, 3.05) is 19.8 Å². The molecule has 1 aliphatic heterocycles. The first kappa shape index (κ1) is 15.4. The van der Waals surface area contributed by atoms with E-state index < -0.39 is 6.04 Å². The third kappa shape index (κ3) is 3.24. The van der Waals surface area contributed by atoms with Crippen molar-refractivity contribution in [1.29, 1.82) is 0 Å². The Morgan fingerprint density at radius 3 is 2.96 bits per heavy atom. The number of tetrazole rings is 1. The van der Waals surface area contributed by atoms with Crippen LogP contribution in [0.5, 0.6) is 0 Å². The smallest absolute Gasteiger partial charge is 0.257 e. The van der Waals surface area contributed by atoms with Crippen LogP contribution in [0.4, 0.5) is 0 Å². The first-order chi connectivity index (χ1) is 12.3. The minimum absolute atomic E-state index is 0.0485. The van der Waals surface area contributed by atoms with Crippen molar-refractivity contribution in [2.45, 2.75) is 12.6 Å². The zero-order valence-electron chi connectivity index (χ0n) is 13.2. The highest BCUT2D eigenvalue weighted by Crippen LogP contribution is 2.25. The molecule has 10 nitrogen and oxygen atoms in total. The average Bonchev–Trinajstić information content (AvgIpc) is 3.34. The van der Waals surface area contributed by atoms with Crippen LogP contribution >= 0.6 is 0 Å². The molecule has 0 spiro atoms. The van der Waals surface area contributed by atoms with Crippen LogP contribution in [0.25, 0.3) is 11.5 Å². The van der Waals surface area contributed by atoms with Crippen LogP contribution in [0, 0.1) is 0 Å². The van der Waals surface area contributed by atoms with Gasteiger partial charge in [0.1, 0.15) is 18.9 Å². The number of amides is 1. The summed E-state index contributed by atoms with van der Waals surface area (Å²) in [5.74, 6) is 0.698. The fourth-order valence-electron chi connectivity index (χ4n) is 2.67. The molecule has 1 aliphatic rings. The number of ether oxygens (including phenoxy) is 1. The maximum absolute atomic E-state index is 12.6. The average molecular weight is 341 g/mol. The molecule has 3 aromatic rings. The molecule has 0 radical (unpaired) electrons. The minimum atomic E-state index is -0.404. The number of hydrogen-bond donors (Lipinski definition) is 0. The largest absolute Gasteiger partial charge is 0.377 e. The number of nitrogens with zero attached hydrogens (tertiary/aromatic N) is 7. The highest BCUT2D eigenvalue weighted by molar-refractivity contribution is 5.76. The number of morpholine rings is 1. The van der Waals surface area contributed by atoms with E-state index >= 15 is 0 Å². The van der Waals surface area contributed by atoms with Crippen molar-refractivity contribution in [2.24, 2.45) is 0 Å². The molecule has 0 saturated carbocycles. The van der Waals surface area contributed by atoms with E-state index in [1.165, 1.54) is 11.0 Å². The quantitative estimate of drug-likeness (QED) is 0.667. The first-order valence-corrected chi connectivity index (χ1v) is 7.78. The Kier molecular flexibility index (Phi) is 4.17. The van der Waals surface area contributed by atoms with E-state index in [0.29, 0.717) is 31.5 Å². The van der Waals surface area contributed by atoms with Crippen LogP contribution in [0.2, 0.25) is 0 Å². The molecule has 3 heterocycles. The van der Waals surface area contributed by atoms with Gasteiger partial charge < -0.3 is 14.2 Å². The van der Waals surface area contributed by atoms with E-state index in [1.807, 2.05) is 30.3 Å². The zero-order valence-corrected chi connectivity index (χ0v) is 13.2. The van der Waals surface area contributed by atoms with Crippen molar-refractivity contribution in [3.05, 3.63) is 42.5 Å². The normalized spacial score (nSPS) is 17.6. The lowest BCUT2D eigenvalue weighted by Crippen LogP contribution is -2.45. The summed E-state index contributed by atoms with van der Waals surface area (Å²) in [7, 11) is 0. The number of hydrogen-bond acceptors (Lipinski definition) is 8. The molecule has 0 aliphatic carbocycles. The van der Waals surface area contributed by atoms with Crippen LogP contribution in [-0.4, -0.2) is 60.9 Å². The number of aromatic nitrogens is 6. The third-order valence-corrected chi connectivity index (χ3v) is 3.90. The molecule has 25 heavy (non-hydrogen) atoms. The molecule has 128 valence electrons. The molecule has 4 rings (SSSR count). The van der Waals surface area contributed by atoms with E-state index in [1.54, 1.807) is 4.90 Å². The van der Waals surface area contributed by atoms with Crippen molar-refractivity contribution in [1.82, 2.24) is 35.2 Å². The third-order valence-electron chi connectivity index (χ3n) is 3.90. The second-order valence-electron chi connectivity index (χ2n) is 5.51. The molecule has 10 heteroatoms. The van der Waals surface area contributed by atoms with Crippen LogP contribution in [0.1, 0.15) is 11.9 Å². The summed E-state index contributed by atoms with van der Waals surface area (Å²) >= 11 is 0. The van der Waals surface area contributed by atoms with Gasteiger partial charge in [-0.3, -0.25) is 4.79 Å². The molecule has 0 bridgehead atoms. The number of rotatable bonds is 4. The molecule has 1 unspecified atom stereocenters. The van der Waals surface area contributed by atoms with Gasteiger partial charge in [-0.05, 0) is 22.6 Å². The lowest BCUT2D eigenvalue weighted by atomic mass is 10.2. The molecular formula is C15H15N7O3. The Balaban J connectivity index is 1.55. The van der Waals surface area contributed by atoms with Crippen molar-refractivity contribution < 1.29 is 14.1 Å². The molecule has 1 aromatic carbocycles. The summed E-state index contributed by atoms with van der Waals surface area (Å²) in [5.41, 5.74) is 0.824. The van der Waals surface area contributed by atoms with Crippen molar-refractivity contribution in [3.63, 3.8) is 0 Å². The van der Waals surface area contributed by atoms with E-state index in [0.717, 1.165) is 5.56 Å².